The fourth-order valence-corrected chi connectivity index (χ4v) is 4.75. The van der Waals surface area contributed by atoms with E-state index in [1.807, 2.05) is 36.4 Å². The maximum atomic E-state index is 13.2. The van der Waals surface area contributed by atoms with Gasteiger partial charge in [0.05, 0.1) is 0 Å². The molecular formula is C25H19NOS. The summed E-state index contributed by atoms with van der Waals surface area (Å²) >= 11 is 1.71. The average molecular weight is 382 g/mol. The van der Waals surface area contributed by atoms with Crippen LogP contribution in [0.15, 0.2) is 90.4 Å². The number of aromatic nitrogens is 1. The van der Waals surface area contributed by atoms with Crippen molar-refractivity contribution >= 4 is 38.8 Å². The molecule has 0 aliphatic heterocycles. The Morgan fingerprint density at radius 3 is 2.57 bits per heavy atom. The van der Waals surface area contributed by atoms with Crippen LogP contribution < -0.4 is 0 Å². The maximum Gasteiger partial charge on any atom is 0.163 e. The second-order valence-electron chi connectivity index (χ2n) is 7.05. The number of ketones is 1. The summed E-state index contributed by atoms with van der Waals surface area (Å²) in [6.07, 6.45) is 2.52. The van der Waals surface area contributed by atoms with Gasteiger partial charge in [-0.15, -0.1) is 11.3 Å². The summed E-state index contributed by atoms with van der Waals surface area (Å²) in [6.45, 7) is 0. The number of benzene rings is 3. The van der Waals surface area contributed by atoms with Gasteiger partial charge in [-0.3, -0.25) is 4.79 Å². The minimum atomic E-state index is 0.0510. The highest BCUT2D eigenvalue weighted by molar-refractivity contribution is 7.10. The highest BCUT2D eigenvalue weighted by Gasteiger charge is 2.23. The van der Waals surface area contributed by atoms with Crippen LogP contribution in [-0.4, -0.2) is 10.8 Å². The minimum absolute atomic E-state index is 0.0510. The Bertz CT molecular complexity index is 1270. The molecule has 1 N–H and O–H groups in total. The van der Waals surface area contributed by atoms with Gasteiger partial charge >= 0.3 is 0 Å². The number of nitrogens with one attached hydrogen (secondary N) is 1. The Balaban J connectivity index is 1.54. The molecule has 0 saturated heterocycles. The summed E-state index contributed by atoms with van der Waals surface area (Å²) < 4.78 is 0. The van der Waals surface area contributed by atoms with Crippen LogP contribution in [0, 0.1) is 0 Å². The van der Waals surface area contributed by atoms with E-state index in [0.717, 1.165) is 21.9 Å². The molecule has 0 amide bonds. The lowest BCUT2D eigenvalue weighted by Gasteiger charge is -2.15. The molecule has 3 heteroatoms. The number of carbonyl (C=O) groups excluding carboxylic acids is 1. The summed E-state index contributed by atoms with van der Waals surface area (Å²) in [5.41, 5.74) is 3.07. The number of H-pyrrole nitrogens is 1. The van der Waals surface area contributed by atoms with E-state index in [4.69, 9.17) is 0 Å². The molecule has 2 aromatic heterocycles. The number of fused-ring (bicyclic) bond motifs is 2. The van der Waals surface area contributed by atoms with Gasteiger partial charge < -0.3 is 4.98 Å². The van der Waals surface area contributed by atoms with Gasteiger partial charge in [-0.25, -0.2) is 0 Å². The van der Waals surface area contributed by atoms with Gasteiger partial charge in [-0.05, 0) is 39.9 Å². The number of thiophene rings is 1. The fraction of sp³-hybridized carbons (Fsp3) is 0.0800. The third kappa shape index (κ3) is 3.04. The van der Waals surface area contributed by atoms with Crippen LogP contribution in [0.25, 0.3) is 21.7 Å². The molecule has 1 atom stereocenters. The van der Waals surface area contributed by atoms with Gasteiger partial charge in [0, 0.05) is 39.9 Å². The second-order valence-corrected chi connectivity index (χ2v) is 8.03. The molecule has 3 aromatic carbocycles. The zero-order valence-electron chi connectivity index (χ0n) is 15.3. The third-order valence-corrected chi connectivity index (χ3v) is 6.33. The number of hydrogen-bond acceptors (Lipinski definition) is 2. The fourth-order valence-electron chi connectivity index (χ4n) is 3.90. The Hall–Kier alpha value is -3.17. The molecule has 0 unspecified atom stereocenters. The SMILES string of the molecule is O=C(C[C@@H](c1cccs1)c1c[nH]c2ccccc12)c1ccc2ccccc2c1. The average Bonchev–Trinajstić information content (AvgIpc) is 3.42. The van der Waals surface area contributed by atoms with Gasteiger partial charge in [0.1, 0.15) is 0 Å². The molecular weight excluding hydrogens is 362 g/mol. The normalized spacial score (nSPS) is 12.4. The first-order valence-electron chi connectivity index (χ1n) is 9.41. The first kappa shape index (κ1) is 17.0. The number of carbonyl (C=O) groups is 1. The highest BCUT2D eigenvalue weighted by atomic mass is 32.1. The summed E-state index contributed by atoms with van der Waals surface area (Å²) in [5.74, 6) is 0.226. The molecule has 0 saturated carbocycles. The van der Waals surface area contributed by atoms with Gasteiger partial charge in [0.2, 0.25) is 0 Å². The predicted octanol–water partition coefficient (Wildman–Crippen LogP) is 6.79. The van der Waals surface area contributed by atoms with Crippen molar-refractivity contribution in [2.45, 2.75) is 12.3 Å². The molecule has 2 nitrogen and oxygen atoms in total. The Morgan fingerprint density at radius 2 is 1.71 bits per heavy atom. The van der Waals surface area contributed by atoms with E-state index in [-0.39, 0.29) is 11.7 Å². The van der Waals surface area contributed by atoms with Crippen molar-refractivity contribution < 1.29 is 4.79 Å². The number of rotatable bonds is 5. The summed E-state index contributed by atoms with van der Waals surface area (Å²) in [7, 11) is 0. The first-order valence-corrected chi connectivity index (χ1v) is 10.3. The summed E-state index contributed by atoms with van der Waals surface area (Å²) in [4.78, 5) is 17.8. The standard InChI is InChI=1S/C25H19NOS/c27-24(19-12-11-17-6-1-2-7-18(17)14-19)15-21(25-10-5-13-28-25)22-16-26-23-9-4-3-8-20(22)23/h1-14,16,21,26H,15H2/t21-/m1/s1. The number of hydrogen-bond donors (Lipinski definition) is 1. The molecule has 0 spiro atoms. The van der Waals surface area contributed by atoms with Crippen LogP contribution in [0.3, 0.4) is 0 Å². The van der Waals surface area contributed by atoms with Crippen LogP contribution in [-0.2, 0) is 0 Å². The predicted molar refractivity (Wildman–Crippen MR) is 117 cm³/mol. The van der Waals surface area contributed by atoms with Crippen molar-refractivity contribution in [2.24, 2.45) is 0 Å². The van der Waals surface area contributed by atoms with E-state index in [9.17, 15) is 4.79 Å². The Kier molecular flexibility index (Phi) is 4.30. The highest BCUT2D eigenvalue weighted by Crippen LogP contribution is 2.36. The molecule has 5 rings (SSSR count). The van der Waals surface area contributed by atoms with E-state index < -0.39 is 0 Å². The van der Waals surface area contributed by atoms with Crippen LogP contribution in [0.1, 0.15) is 33.1 Å². The van der Waals surface area contributed by atoms with Crippen LogP contribution in [0.2, 0.25) is 0 Å². The molecule has 5 aromatic rings. The summed E-state index contributed by atoms with van der Waals surface area (Å²) in [6, 6.07) is 26.6. The minimum Gasteiger partial charge on any atom is -0.361 e. The van der Waals surface area contributed by atoms with Gasteiger partial charge in [-0.1, -0.05) is 60.7 Å². The summed E-state index contributed by atoms with van der Waals surface area (Å²) in [5, 5.41) is 5.53. The molecule has 136 valence electrons. The maximum absolute atomic E-state index is 13.2. The lowest BCUT2D eigenvalue weighted by Crippen LogP contribution is -2.08. The van der Waals surface area contributed by atoms with E-state index in [2.05, 4.69) is 59.0 Å². The van der Waals surface area contributed by atoms with Gasteiger partial charge in [0.25, 0.3) is 0 Å². The van der Waals surface area contributed by atoms with Crippen molar-refractivity contribution in [1.82, 2.24) is 4.98 Å². The Morgan fingerprint density at radius 1 is 0.893 bits per heavy atom. The molecule has 0 radical (unpaired) electrons. The largest absolute Gasteiger partial charge is 0.361 e. The molecule has 2 heterocycles. The Labute approximate surface area is 167 Å². The van der Waals surface area contributed by atoms with Crippen molar-refractivity contribution in [2.75, 3.05) is 0 Å². The van der Waals surface area contributed by atoms with Crippen molar-refractivity contribution in [3.8, 4) is 0 Å². The molecule has 0 bridgehead atoms. The zero-order valence-corrected chi connectivity index (χ0v) is 16.1. The zero-order chi connectivity index (χ0) is 18.9. The second kappa shape index (κ2) is 7.10. The molecule has 0 fully saturated rings. The van der Waals surface area contributed by atoms with Crippen LogP contribution in [0.4, 0.5) is 0 Å². The third-order valence-electron chi connectivity index (χ3n) is 5.34. The van der Waals surface area contributed by atoms with Crippen LogP contribution >= 0.6 is 11.3 Å². The molecule has 0 aliphatic carbocycles. The first-order chi connectivity index (χ1) is 13.8. The quantitative estimate of drug-likeness (QED) is 0.334. The molecule has 28 heavy (non-hydrogen) atoms. The van der Waals surface area contributed by atoms with Crippen LogP contribution in [0.5, 0.6) is 0 Å². The van der Waals surface area contributed by atoms with E-state index in [1.54, 1.807) is 11.3 Å². The van der Waals surface area contributed by atoms with Gasteiger partial charge in [-0.2, -0.15) is 0 Å². The molecule has 0 aliphatic rings. The number of para-hydroxylation sites is 1. The lowest BCUT2D eigenvalue weighted by atomic mass is 9.89. The van der Waals surface area contributed by atoms with Crippen molar-refractivity contribution in [1.29, 1.82) is 0 Å². The van der Waals surface area contributed by atoms with E-state index >= 15 is 0 Å². The van der Waals surface area contributed by atoms with E-state index in [0.29, 0.717) is 6.42 Å². The van der Waals surface area contributed by atoms with E-state index in [1.165, 1.54) is 15.8 Å². The monoisotopic (exact) mass is 381 g/mol. The van der Waals surface area contributed by atoms with Crippen molar-refractivity contribution in [3.63, 3.8) is 0 Å². The number of aromatic amines is 1. The topological polar surface area (TPSA) is 32.9 Å². The van der Waals surface area contributed by atoms with Gasteiger partial charge in [0.15, 0.2) is 5.78 Å². The van der Waals surface area contributed by atoms with Crippen molar-refractivity contribution in [3.05, 3.63) is 106 Å². The smallest absolute Gasteiger partial charge is 0.163 e. The lowest BCUT2D eigenvalue weighted by molar-refractivity contribution is 0.0978. The number of Topliss-reactive ketones (excluding diaryl/α,β-unsaturated/α-hetero) is 1.